The van der Waals surface area contributed by atoms with Gasteiger partial charge in [-0.15, -0.1) is 0 Å². The Morgan fingerprint density at radius 3 is 2.48 bits per heavy atom. The largest absolute Gasteiger partial charge is 0.494 e. The SMILES string of the molecule is CC(C)(CCCOc1ccc(/C=C2\N=C(c3ccccc3)OC2=O)cc1)C(=O)O. The number of hydrogen-bond donors (Lipinski definition) is 1. The maximum atomic E-state index is 12.1. The molecule has 1 heterocycles. The van der Waals surface area contributed by atoms with Crippen molar-refractivity contribution in [2.45, 2.75) is 26.7 Å². The molecule has 29 heavy (non-hydrogen) atoms. The normalized spacial score (nSPS) is 15.2. The Hall–Kier alpha value is -3.41. The van der Waals surface area contributed by atoms with E-state index >= 15 is 0 Å². The third-order valence-electron chi connectivity index (χ3n) is 4.62. The summed E-state index contributed by atoms with van der Waals surface area (Å²) in [5, 5.41) is 9.12. The lowest BCUT2D eigenvalue weighted by Crippen LogP contribution is -2.24. The average molecular weight is 393 g/mol. The van der Waals surface area contributed by atoms with Gasteiger partial charge in [0, 0.05) is 5.56 Å². The van der Waals surface area contributed by atoms with Gasteiger partial charge in [0.15, 0.2) is 5.70 Å². The van der Waals surface area contributed by atoms with Gasteiger partial charge in [-0.3, -0.25) is 4.79 Å². The first-order chi connectivity index (χ1) is 13.8. The van der Waals surface area contributed by atoms with E-state index in [1.54, 1.807) is 32.1 Å². The fourth-order valence-electron chi connectivity index (χ4n) is 2.74. The number of carboxylic acids is 1. The van der Waals surface area contributed by atoms with E-state index in [9.17, 15) is 9.59 Å². The molecule has 2 aromatic rings. The molecule has 0 atom stereocenters. The lowest BCUT2D eigenvalue weighted by atomic mass is 9.88. The standard InChI is InChI=1S/C23H23NO5/c1-23(2,22(26)27)13-6-14-28-18-11-9-16(10-12-18)15-19-21(25)29-20(24-19)17-7-4-3-5-8-17/h3-5,7-12,15H,6,13-14H2,1-2H3,(H,26,27)/b19-15-. The van der Waals surface area contributed by atoms with Gasteiger partial charge in [0.05, 0.1) is 12.0 Å². The van der Waals surface area contributed by atoms with E-state index in [1.807, 2.05) is 42.5 Å². The van der Waals surface area contributed by atoms with Gasteiger partial charge >= 0.3 is 11.9 Å². The van der Waals surface area contributed by atoms with Crippen molar-refractivity contribution >= 4 is 23.9 Å². The smallest absolute Gasteiger partial charge is 0.363 e. The van der Waals surface area contributed by atoms with Crippen LogP contribution in [0.1, 0.15) is 37.8 Å². The zero-order valence-corrected chi connectivity index (χ0v) is 16.4. The topological polar surface area (TPSA) is 85.2 Å². The third kappa shape index (κ3) is 5.31. The molecule has 6 nitrogen and oxygen atoms in total. The Morgan fingerprint density at radius 2 is 1.83 bits per heavy atom. The second-order valence-electron chi connectivity index (χ2n) is 7.41. The third-order valence-corrected chi connectivity index (χ3v) is 4.62. The number of aliphatic imine (C=N–C) groups is 1. The van der Waals surface area contributed by atoms with Crippen LogP contribution in [0.15, 0.2) is 65.3 Å². The molecule has 1 aliphatic rings. The van der Waals surface area contributed by atoms with E-state index in [-0.39, 0.29) is 5.70 Å². The number of esters is 1. The van der Waals surface area contributed by atoms with Gasteiger partial charge in [-0.05, 0) is 62.6 Å². The fourth-order valence-corrected chi connectivity index (χ4v) is 2.74. The number of aliphatic carboxylic acids is 1. The zero-order chi connectivity index (χ0) is 20.9. The van der Waals surface area contributed by atoms with Crippen LogP contribution >= 0.6 is 0 Å². The Labute approximate surface area is 169 Å². The minimum atomic E-state index is -0.807. The zero-order valence-electron chi connectivity index (χ0n) is 16.4. The van der Waals surface area contributed by atoms with Crippen LogP contribution in [-0.2, 0) is 14.3 Å². The van der Waals surface area contributed by atoms with Crippen LogP contribution in [0, 0.1) is 5.41 Å². The van der Waals surface area contributed by atoms with Crippen molar-refractivity contribution in [2.24, 2.45) is 10.4 Å². The van der Waals surface area contributed by atoms with Gasteiger partial charge in [0.1, 0.15) is 5.75 Å². The molecule has 0 saturated heterocycles. The molecule has 0 fully saturated rings. The molecule has 0 saturated carbocycles. The summed E-state index contributed by atoms with van der Waals surface area (Å²) in [7, 11) is 0. The van der Waals surface area contributed by atoms with Crippen molar-refractivity contribution in [1.82, 2.24) is 0 Å². The summed E-state index contributed by atoms with van der Waals surface area (Å²) in [4.78, 5) is 27.4. The number of ether oxygens (including phenoxy) is 2. The first-order valence-electron chi connectivity index (χ1n) is 9.39. The minimum Gasteiger partial charge on any atom is -0.494 e. The van der Waals surface area contributed by atoms with Gasteiger partial charge in [0.25, 0.3) is 0 Å². The summed E-state index contributed by atoms with van der Waals surface area (Å²) in [5.74, 6) is -0.308. The number of carbonyl (C=O) groups is 2. The van der Waals surface area contributed by atoms with Gasteiger partial charge in [-0.2, -0.15) is 0 Å². The Morgan fingerprint density at radius 1 is 1.14 bits per heavy atom. The molecular weight excluding hydrogens is 370 g/mol. The van der Waals surface area contributed by atoms with Gasteiger partial charge in [0.2, 0.25) is 5.90 Å². The van der Waals surface area contributed by atoms with Crippen molar-refractivity contribution in [3.63, 3.8) is 0 Å². The van der Waals surface area contributed by atoms with Crippen molar-refractivity contribution in [2.75, 3.05) is 6.61 Å². The lowest BCUT2D eigenvalue weighted by Gasteiger charge is -2.18. The summed E-state index contributed by atoms with van der Waals surface area (Å²) in [6, 6.07) is 16.5. The second kappa shape index (κ2) is 8.73. The van der Waals surface area contributed by atoms with Crippen LogP contribution in [0.25, 0.3) is 6.08 Å². The molecule has 1 N–H and O–H groups in total. The maximum Gasteiger partial charge on any atom is 0.363 e. The van der Waals surface area contributed by atoms with E-state index in [2.05, 4.69) is 4.99 Å². The first kappa shape index (κ1) is 20.3. The highest BCUT2D eigenvalue weighted by Gasteiger charge is 2.26. The lowest BCUT2D eigenvalue weighted by molar-refractivity contribution is -0.147. The Kier molecular flexibility index (Phi) is 6.12. The van der Waals surface area contributed by atoms with E-state index in [1.165, 1.54) is 0 Å². The number of nitrogens with zero attached hydrogens (tertiary/aromatic N) is 1. The van der Waals surface area contributed by atoms with E-state index in [0.29, 0.717) is 31.1 Å². The van der Waals surface area contributed by atoms with Gasteiger partial charge in [-0.1, -0.05) is 30.3 Å². The second-order valence-corrected chi connectivity index (χ2v) is 7.41. The van der Waals surface area contributed by atoms with E-state index in [4.69, 9.17) is 14.6 Å². The molecular formula is C23H23NO5. The summed E-state index contributed by atoms with van der Waals surface area (Å²) in [6.45, 7) is 3.85. The van der Waals surface area contributed by atoms with Gasteiger partial charge < -0.3 is 14.6 Å². The molecule has 1 aliphatic heterocycles. The first-order valence-corrected chi connectivity index (χ1v) is 9.39. The highest BCUT2D eigenvalue weighted by Crippen LogP contribution is 2.23. The van der Waals surface area contributed by atoms with Crippen molar-refractivity contribution in [3.05, 3.63) is 71.4 Å². The van der Waals surface area contributed by atoms with Crippen molar-refractivity contribution in [3.8, 4) is 5.75 Å². The average Bonchev–Trinajstić information content (AvgIpc) is 3.07. The van der Waals surface area contributed by atoms with E-state index < -0.39 is 17.4 Å². The predicted octanol–water partition coefficient (Wildman–Crippen LogP) is 4.30. The molecule has 0 radical (unpaired) electrons. The van der Waals surface area contributed by atoms with E-state index in [0.717, 1.165) is 11.1 Å². The quantitative estimate of drug-likeness (QED) is 0.411. The number of benzene rings is 2. The van der Waals surface area contributed by atoms with Crippen molar-refractivity contribution in [1.29, 1.82) is 0 Å². The van der Waals surface area contributed by atoms with Crippen LogP contribution in [0.2, 0.25) is 0 Å². The monoisotopic (exact) mass is 393 g/mol. The summed E-state index contributed by atoms with van der Waals surface area (Å²) >= 11 is 0. The summed E-state index contributed by atoms with van der Waals surface area (Å²) < 4.78 is 10.9. The molecule has 0 amide bonds. The summed E-state index contributed by atoms with van der Waals surface area (Å²) in [5.41, 5.74) is 1.04. The molecule has 6 heteroatoms. The van der Waals surface area contributed by atoms with Crippen LogP contribution in [0.4, 0.5) is 0 Å². The molecule has 2 aromatic carbocycles. The molecule has 150 valence electrons. The van der Waals surface area contributed by atoms with Gasteiger partial charge in [-0.25, -0.2) is 9.79 Å². The highest BCUT2D eigenvalue weighted by atomic mass is 16.6. The van der Waals surface area contributed by atoms with Crippen LogP contribution < -0.4 is 4.74 Å². The van der Waals surface area contributed by atoms with Crippen molar-refractivity contribution < 1.29 is 24.2 Å². The molecule has 0 bridgehead atoms. The summed E-state index contributed by atoms with van der Waals surface area (Å²) in [6.07, 6.45) is 2.85. The Balaban J connectivity index is 1.58. The predicted molar refractivity (Wildman–Crippen MR) is 110 cm³/mol. The molecule has 0 aromatic heterocycles. The molecule has 3 rings (SSSR count). The minimum absolute atomic E-state index is 0.244. The fraction of sp³-hybridized carbons (Fsp3) is 0.261. The van der Waals surface area contributed by atoms with Crippen LogP contribution in [-0.4, -0.2) is 29.5 Å². The number of cyclic esters (lactones) is 1. The van der Waals surface area contributed by atoms with Crippen LogP contribution in [0.5, 0.6) is 5.75 Å². The number of carbonyl (C=O) groups excluding carboxylic acids is 1. The molecule has 0 aliphatic carbocycles. The number of hydrogen-bond acceptors (Lipinski definition) is 5. The Bertz CT molecular complexity index is 943. The maximum absolute atomic E-state index is 12.1. The molecule has 0 unspecified atom stereocenters. The van der Waals surface area contributed by atoms with Crippen LogP contribution in [0.3, 0.4) is 0 Å². The number of rotatable bonds is 8. The highest BCUT2D eigenvalue weighted by molar-refractivity contribution is 6.12. The molecule has 0 spiro atoms. The number of carboxylic acid groups (broad SMARTS) is 1.